The van der Waals surface area contributed by atoms with Crippen LogP contribution in [0.4, 0.5) is 0 Å². The molecule has 0 spiro atoms. The number of aryl methyl sites for hydroxylation is 1. The number of hydrogen-bond donors (Lipinski definition) is 2. The zero-order chi connectivity index (χ0) is 16.1. The first kappa shape index (κ1) is 17.7. The van der Waals surface area contributed by atoms with E-state index in [2.05, 4.69) is 16.6 Å². The number of benzene rings is 1. The van der Waals surface area contributed by atoms with Crippen molar-refractivity contribution >= 4 is 19.9 Å². The van der Waals surface area contributed by atoms with Gasteiger partial charge in [0, 0.05) is 18.4 Å². The van der Waals surface area contributed by atoms with Crippen molar-refractivity contribution in [2.45, 2.75) is 11.8 Å². The predicted octanol–water partition coefficient (Wildman–Crippen LogP) is -0.338. The lowest BCUT2D eigenvalue weighted by atomic mass is 10.1. The van der Waals surface area contributed by atoms with E-state index >= 15 is 0 Å². The van der Waals surface area contributed by atoms with E-state index in [0.717, 1.165) is 6.26 Å². The summed E-state index contributed by atoms with van der Waals surface area (Å²) in [7, 11) is -7.04. The summed E-state index contributed by atoms with van der Waals surface area (Å²) in [6, 6.07) is 4.64. The van der Waals surface area contributed by atoms with Crippen LogP contribution in [0.3, 0.4) is 0 Å². The zero-order valence-corrected chi connectivity index (χ0v) is 13.4. The molecule has 0 atom stereocenters. The van der Waals surface area contributed by atoms with Crippen molar-refractivity contribution in [2.75, 3.05) is 25.2 Å². The Bertz CT molecular complexity index is 771. The molecule has 0 unspecified atom stereocenters. The molecule has 0 bridgehead atoms. The number of rotatable bonds is 5. The van der Waals surface area contributed by atoms with Gasteiger partial charge in [0.05, 0.1) is 10.6 Å². The second kappa shape index (κ2) is 7.04. The van der Waals surface area contributed by atoms with Crippen molar-refractivity contribution < 1.29 is 21.9 Å². The molecule has 0 saturated carbocycles. The van der Waals surface area contributed by atoms with Gasteiger partial charge in [0.1, 0.15) is 16.4 Å². The molecule has 0 aliphatic carbocycles. The molecule has 0 aliphatic rings. The number of sulfone groups is 1. The number of nitrogens with one attached hydrogen (secondary N) is 1. The molecular weight excluding hydrogens is 314 g/mol. The van der Waals surface area contributed by atoms with E-state index in [4.69, 9.17) is 5.11 Å². The van der Waals surface area contributed by atoms with Crippen LogP contribution in [0, 0.1) is 18.8 Å². The maximum Gasteiger partial charge on any atom is 0.240 e. The largest absolute Gasteiger partial charge is 0.384 e. The topological polar surface area (TPSA) is 101 Å². The summed E-state index contributed by atoms with van der Waals surface area (Å²) in [5.41, 5.74) is 0.981. The first-order valence-corrected chi connectivity index (χ1v) is 9.58. The number of aliphatic hydroxyl groups is 1. The molecule has 0 aliphatic heterocycles. The summed E-state index contributed by atoms with van der Waals surface area (Å²) in [6.45, 7) is 1.13. The van der Waals surface area contributed by atoms with Crippen LogP contribution in [-0.4, -0.2) is 47.1 Å². The van der Waals surface area contributed by atoms with Crippen molar-refractivity contribution in [2.24, 2.45) is 0 Å². The third-order valence-corrected chi connectivity index (χ3v) is 5.10. The maximum absolute atomic E-state index is 12.2. The minimum absolute atomic E-state index is 0.0424. The summed E-state index contributed by atoms with van der Waals surface area (Å²) >= 11 is 0. The lowest BCUT2D eigenvalue weighted by Crippen LogP contribution is -2.29. The normalized spacial score (nSPS) is 11.8. The van der Waals surface area contributed by atoms with Crippen molar-refractivity contribution in [1.82, 2.24) is 4.72 Å². The summed E-state index contributed by atoms with van der Waals surface area (Å²) < 4.78 is 48.6. The minimum Gasteiger partial charge on any atom is -0.384 e. The molecule has 1 aromatic carbocycles. The van der Waals surface area contributed by atoms with Gasteiger partial charge in [0.25, 0.3) is 0 Å². The quantitative estimate of drug-likeness (QED) is 0.719. The molecule has 0 radical (unpaired) electrons. The van der Waals surface area contributed by atoms with Crippen LogP contribution in [-0.2, 0) is 19.9 Å². The maximum atomic E-state index is 12.2. The van der Waals surface area contributed by atoms with Gasteiger partial charge in [-0.05, 0) is 24.6 Å². The molecule has 0 fully saturated rings. The number of aliphatic hydroxyl groups excluding tert-OH is 1. The molecular formula is C13H17NO5S2. The van der Waals surface area contributed by atoms with Gasteiger partial charge in [-0.15, -0.1) is 0 Å². The highest BCUT2D eigenvalue weighted by atomic mass is 32.2. The third-order valence-electron chi connectivity index (χ3n) is 2.55. The summed E-state index contributed by atoms with van der Waals surface area (Å²) in [6.07, 6.45) is 1.04. The van der Waals surface area contributed by atoms with Gasteiger partial charge in [-0.1, -0.05) is 17.9 Å². The van der Waals surface area contributed by atoms with Gasteiger partial charge in [0.2, 0.25) is 10.0 Å². The Balaban J connectivity index is 3.02. The number of sulfonamides is 1. The average Bonchev–Trinajstić information content (AvgIpc) is 2.35. The highest BCUT2D eigenvalue weighted by Gasteiger charge is 2.17. The second-order valence-electron chi connectivity index (χ2n) is 4.47. The molecule has 2 N–H and O–H groups in total. The van der Waals surface area contributed by atoms with Crippen molar-refractivity contribution in [1.29, 1.82) is 0 Å². The Hall–Kier alpha value is -1.40. The first-order chi connectivity index (χ1) is 9.65. The molecule has 0 saturated heterocycles. The minimum atomic E-state index is -3.81. The van der Waals surface area contributed by atoms with Crippen molar-refractivity contribution in [3.05, 3.63) is 29.3 Å². The Kier molecular flexibility index (Phi) is 5.92. The Morgan fingerprint density at radius 1 is 1.24 bits per heavy atom. The van der Waals surface area contributed by atoms with Crippen LogP contribution in [0.5, 0.6) is 0 Å². The van der Waals surface area contributed by atoms with E-state index < -0.39 is 19.9 Å². The van der Waals surface area contributed by atoms with Gasteiger partial charge in [-0.25, -0.2) is 21.6 Å². The molecule has 0 heterocycles. The molecule has 0 amide bonds. The number of hydrogen-bond acceptors (Lipinski definition) is 5. The van der Waals surface area contributed by atoms with Crippen molar-refractivity contribution in [3.8, 4) is 11.8 Å². The lowest BCUT2D eigenvalue weighted by Gasteiger charge is -2.09. The lowest BCUT2D eigenvalue weighted by molar-refractivity contribution is 0.350. The van der Waals surface area contributed by atoms with Gasteiger partial charge < -0.3 is 5.11 Å². The predicted molar refractivity (Wildman–Crippen MR) is 80.0 cm³/mol. The van der Waals surface area contributed by atoms with E-state index in [1.165, 1.54) is 6.07 Å². The Morgan fingerprint density at radius 2 is 1.90 bits per heavy atom. The van der Waals surface area contributed by atoms with E-state index in [0.29, 0.717) is 11.1 Å². The van der Waals surface area contributed by atoms with Crippen molar-refractivity contribution in [3.63, 3.8) is 0 Å². The molecule has 8 heteroatoms. The van der Waals surface area contributed by atoms with Gasteiger partial charge >= 0.3 is 0 Å². The summed E-state index contributed by atoms with van der Waals surface area (Å²) in [5, 5.41) is 8.64. The zero-order valence-electron chi connectivity index (χ0n) is 11.8. The first-order valence-electron chi connectivity index (χ1n) is 6.03. The molecule has 1 rings (SSSR count). The molecule has 21 heavy (non-hydrogen) atoms. The SMILES string of the molecule is Cc1ccc(C#CCO)cc1S(=O)(=O)NCCS(C)(=O)=O. The van der Waals surface area contributed by atoms with Crippen LogP contribution in [0.25, 0.3) is 0 Å². The van der Waals surface area contributed by atoms with E-state index in [1.54, 1.807) is 19.1 Å². The smallest absolute Gasteiger partial charge is 0.240 e. The fraction of sp³-hybridized carbons (Fsp3) is 0.385. The van der Waals surface area contributed by atoms with Crippen LogP contribution >= 0.6 is 0 Å². The molecule has 0 aromatic heterocycles. The average molecular weight is 331 g/mol. The highest BCUT2D eigenvalue weighted by molar-refractivity contribution is 7.91. The fourth-order valence-electron chi connectivity index (χ4n) is 1.55. The fourth-order valence-corrected chi connectivity index (χ4v) is 3.45. The molecule has 6 nitrogen and oxygen atoms in total. The standard InChI is InChI=1S/C13H17NO5S2/c1-11-5-6-12(4-3-8-15)10-13(11)21(18,19)14-7-9-20(2,16)17/h5-6,10,14-15H,7-9H2,1-2H3. The Morgan fingerprint density at radius 3 is 2.48 bits per heavy atom. The summed E-state index contributed by atoms with van der Waals surface area (Å²) in [5.74, 6) is 4.79. The van der Waals surface area contributed by atoms with Crippen LogP contribution < -0.4 is 4.72 Å². The van der Waals surface area contributed by atoms with Gasteiger partial charge in [0.15, 0.2) is 0 Å². The van der Waals surface area contributed by atoms with Crippen LogP contribution in [0.2, 0.25) is 0 Å². The van der Waals surface area contributed by atoms with E-state index in [1.807, 2.05) is 0 Å². The summed E-state index contributed by atoms with van der Waals surface area (Å²) in [4.78, 5) is 0.0424. The van der Waals surface area contributed by atoms with Crippen LogP contribution in [0.15, 0.2) is 23.1 Å². The second-order valence-corrected chi connectivity index (χ2v) is 8.46. The molecule has 1 aromatic rings. The van der Waals surface area contributed by atoms with E-state index in [9.17, 15) is 16.8 Å². The van der Waals surface area contributed by atoms with Gasteiger partial charge in [-0.3, -0.25) is 0 Å². The Labute approximate surface area is 125 Å². The third kappa shape index (κ3) is 5.85. The van der Waals surface area contributed by atoms with Gasteiger partial charge in [-0.2, -0.15) is 0 Å². The van der Waals surface area contributed by atoms with Crippen LogP contribution in [0.1, 0.15) is 11.1 Å². The highest BCUT2D eigenvalue weighted by Crippen LogP contribution is 2.16. The van der Waals surface area contributed by atoms with E-state index in [-0.39, 0.29) is 23.8 Å². The molecule has 116 valence electrons. The monoisotopic (exact) mass is 331 g/mol.